The fourth-order valence-corrected chi connectivity index (χ4v) is 3.88. The average molecular weight is 216 g/mol. The van der Waals surface area contributed by atoms with Gasteiger partial charge in [0.1, 0.15) is 0 Å². The summed E-state index contributed by atoms with van der Waals surface area (Å²) in [5, 5.41) is 0. The minimum absolute atomic E-state index is 0.275. The summed E-state index contributed by atoms with van der Waals surface area (Å²) in [5.41, 5.74) is 0.978. The Balaban J connectivity index is 3.76. The molecule has 3 atom stereocenters. The summed E-state index contributed by atoms with van der Waals surface area (Å²) < 4.78 is 0. The van der Waals surface area contributed by atoms with Crippen LogP contribution in [0, 0.1) is 11.8 Å². The van der Waals surface area contributed by atoms with E-state index in [1.165, 1.54) is 25.4 Å². The zero-order chi connectivity index (χ0) is 11.1. The van der Waals surface area contributed by atoms with Gasteiger partial charge in [-0.05, 0) is 36.7 Å². The van der Waals surface area contributed by atoms with Crippen LogP contribution in [0.3, 0.4) is 0 Å². The monoisotopic (exact) mass is 216 g/mol. The molecule has 14 heavy (non-hydrogen) atoms. The Morgan fingerprint density at radius 3 is 2.07 bits per heavy atom. The fraction of sp³-hybridized carbons (Fsp3) is 1.00. The minimum Gasteiger partial charge on any atom is -0.107 e. The Bertz CT molecular complexity index is 131. The van der Waals surface area contributed by atoms with Crippen LogP contribution in [0.4, 0.5) is 0 Å². The van der Waals surface area contributed by atoms with E-state index in [-0.39, 0.29) is 7.92 Å². The van der Waals surface area contributed by atoms with Gasteiger partial charge >= 0.3 is 0 Å². The number of rotatable bonds is 7. The molecule has 0 aromatic rings. The van der Waals surface area contributed by atoms with Gasteiger partial charge in [-0.1, -0.05) is 47.5 Å². The third kappa shape index (κ3) is 6.02. The number of hydrogen-bond acceptors (Lipinski definition) is 0. The molecule has 86 valence electrons. The molecule has 0 saturated heterocycles. The third-order valence-corrected chi connectivity index (χ3v) is 6.36. The largest absolute Gasteiger partial charge is 0.107 e. The molecule has 0 N–H and O–H groups in total. The summed E-state index contributed by atoms with van der Waals surface area (Å²) in [5.74, 6) is 1.77. The van der Waals surface area contributed by atoms with E-state index in [0.29, 0.717) is 0 Å². The van der Waals surface area contributed by atoms with Crippen LogP contribution < -0.4 is 0 Å². The third-order valence-electron chi connectivity index (χ3n) is 3.44. The first kappa shape index (κ1) is 14.4. The molecule has 0 fully saturated rings. The van der Waals surface area contributed by atoms with E-state index < -0.39 is 0 Å². The van der Waals surface area contributed by atoms with Gasteiger partial charge in [0.25, 0.3) is 0 Å². The van der Waals surface area contributed by atoms with Crippen molar-refractivity contribution in [3.63, 3.8) is 0 Å². The van der Waals surface area contributed by atoms with Gasteiger partial charge in [0.05, 0.1) is 0 Å². The predicted octanol–water partition coefficient (Wildman–Crippen LogP) is 4.97. The van der Waals surface area contributed by atoms with Crippen molar-refractivity contribution in [2.45, 2.75) is 59.5 Å². The van der Waals surface area contributed by atoms with Crippen molar-refractivity contribution in [2.24, 2.45) is 11.8 Å². The van der Waals surface area contributed by atoms with Gasteiger partial charge in [-0.2, -0.15) is 0 Å². The van der Waals surface area contributed by atoms with Crippen LogP contribution in [0.2, 0.25) is 0 Å². The summed E-state index contributed by atoms with van der Waals surface area (Å²) in [6.07, 6.45) is 5.69. The van der Waals surface area contributed by atoms with E-state index in [0.717, 1.165) is 17.5 Å². The van der Waals surface area contributed by atoms with Crippen LogP contribution in [-0.2, 0) is 0 Å². The highest BCUT2D eigenvalue weighted by Gasteiger charge is 2.16. The fourth-order valence-electron chi connectivity index (χ4n) is 1.56. The normalized spacial score (nSPS) is 18.2. The molecule has 0 saturated carbocycles. The molecule has 0 nitrogen and oxygen atoms in total. The van der Waals surface area contributed by atoms with Gasteiger partial charge in [0.15, 0.2) is 0 Å². The molecule has 0 aromatic carbocycles. The SMILES string of the molecule is CCCCC(C)P(C)CC(C)C(C)C. The van der Waals surface area contributed by atoms with Crippen LogP contribution in [0.5, 0.6) is 0 Å². The summed E-state index contributed by atoms with van der Waals surface area (Å²) in [7, 11) is 0.275. The molecule has 1 heteroatoms. The molecule has 0 rings (SSSR count). The van der Waals surface area contributed by atoms with Crippen molar-refractivity contribution in [3.8, 4) is 0 Å². The van der Waals surface area contributed by atoms with Gasteiger partial charge in [-0.3, -0.25) is 0 Å². The van der Waals surface area contributed by atoms with Crippen LogP contribution in [0.25, 0.3) is 0 Å². The first-order chi connectivity index (χ1) is 6.49. The Kier molecular flexibility index (Phi) is 7.92. The molecular formula is C13H29P. The van der Waals surface area contributed by atoms with E-state index in [2.05, 4.69) is 41.3 Å². The molecule has 0 amide bonds. The molecule has 0 heterocycles. The maximum absolute atomic E-state index is 2.49. The molecule has 0 radical (unpaired) electrons. The van der Waals surface area contributed by atoms with E-state index in [4.69, 9.17) is 0 Å². The standard InChI is InChI=1S/C13H29P/c1-7-8-9-13(5)14(6)10-12(4)11(2)3/h11-13H,7-10H2,1-6H3. The zero-order valence-corrected chi connectivity index (χ0v) is 11.9. The lowest BCUT2D eigenvalue weighted by molar-refractivity contribution is 0.461. The molecule has 0 aliphatic heterocycles. The lowest BCUT2D eigenvalue weighted by Crippen LogP contribution is -2.12. The lowest BCUT2D eigenvalue weighted by Gasteiger charge is -2.25. The van der Waals surface area contributed by atoms with Crippen molar-refractivity contribution in [1.82, 2.24) is 0 Å². The summed E-state index contributed by atoms with van der Waals surface area (Å²) >= 11 is 0. The highest BCUT2D eigenvalue weighted by Crippen LogP contribution is 2.42. The van der Waals surface area contributed by atoms with Crippen molar-refractivity contribution >= 4 is 7.92 Å². The summed E-state index contributed by atoms with van der Waals surface area (Å²) in [6.45, 7) is 14.4. The van der Waals surface area contributed by atoms with Crippen LogP contribution in [0.1, 0.15) is 53.9 Å². The number of hydrogen-bond donors (Lipinski definition) is 0. The van der Waals surface area contributed by atoms with Crippen LogP contribution in [0.15, 0.2) is 0 Å². The molecular weight excluding hydrogens is 187 g/mol. The van der Waals surface area contributed by atoms with E-state index >= 15 is 0 Å². The maximum Gasteiger partial charge on any atom is -0.0240 e. The molecule has 0 bridgehead atoms. The van der Waals surface area contributed by atoms with Crippen molar-refractivity contribution in [3.05, 3.63) is 0 Å². The van der Waals surface area contributed by atoms with Crippen LogP contribution in [-0.4, -0.2) is 18.5 Å². The number of unbranched alkanes of at least 4 members (excludes halogenated alkanes) is 1. The molecule has 0 aliphatic carbocycles. The molecule has 0 spiro atoms. The second kappa shape index (κ2) is 7.69. The average Bonchev–Trinajstić information content (AvgIpc) is 2.13. The maximum atomic E-state index is 2.49. The predicted molar refractivity (Wildman–Crippen MR) is 70.7 cm³/mol. The lowest BCUT2D eigenvalue weighted by atomic mass is 10.0. The summed E-state index contributed by atoms with van der Waals surface area (Å²) in [4.78, 5) is 0. The Hall–Kier alpha value is 0.430. The van der Waals surface area contributed by atoms with Gasteiger partial charge in [-0.15, -0.1) is 7.92 Å². The zero-order valence-electron chi connectivity index (χ0n) is 11.0. The van der Waals surface area contributed by atoms with Crippen molar-refractivity contribution in [1.29, 1.82) is 0 Å². The van der Waals surface area contributed by atoms with Crippen molar-refractivity contribution < 1.29 is 0 Å². The Labute approximate surface area is 92.6 Å². The Morgan fingerprint density at radius 1 is 1.07 bits per heavy atom. The molecule has 0 aliphatic rings. The van der Waals surface area contributed by atoms with Gasteiger partial charge in [-0.25, -0.2) is 0 Å². The smallest absolute Gasteiger partial charge is 0.0240 e. The molecule has 3 unspecified atom stereocenters. The van der Waals surface area contributed by atoms with Gasteiger partial charge in [0.2, 0.25) is 0 Å². The van der Waals surface area contributed by atoms with Gasteiger partial charge in [0, 0.05) is 0 Å². The van der Waals surface area contributed by atoms with E-state index in [9.17, 15) is 0 Å². The first-order valence-corrected chi connectivity index (χ1v) is 8.23. The topological polar surface area (TPSA) is 0 Å². The summed E-state index contributed by atoms with van der Waals surface area (Å²) in [6, 6.07) is 0. The second-order valence-electron chi connectivity index (χ2n) is 5.15. The van der Waals surface area contributed by atoms with E-state index in [1.807, 2.05) is 0 Å². The van der Waals surface area contributed by atoms with E-state index in [1.54, 1.807) is 0 Å². The first-order valence-electron chi connectivity index (χ1n) is 6.19. The van der Waals surface area contributed by atoms with Crippen LogP contribution >= 0.6 is 7.92 Å². The van der Waals surface area contributed by atoms with Crippen molar-refractivity contribution in [2.75, 3.05) is 12.8 Å². The minimum atomic E-state index is 0.275. The van der Waals surface area contributed by atoms with Gasteiger partial charge < -0.3 is 0 Å². The highest BCUT2D eigenvalue weighted by atomic mass is 31.1. The Morgan fingerprint density at radius 2 is 1.64 bits per heavy atom. The second-order valence-corrected chi connectivity index (χ2v) is 7.91. The quantitative estimate of drug-likeness (QED) is 0.527. The molecule has 0 aromatic heterocycles. The highest BCUT2D eigenvalue weighted by molar-refractivity contribution is 7.57.